The monoisotopic (exact) mass is 484 g/mol. The Kier molecular flexibility index (Phi) is 8.72. The highest BCUT2D eigenvalue weighted by Crippen LogP contribution is 2.31. The molecule has 3 rings (SSSR count). The molecular weight excluding hydrogens is 456 g/mol. The first kappa shape index (κ1) is 25.3. The lowest BCUT2D eigenvalue weighted by Gasteiger charge is -2.27. The fourth-order valence-electron chi connectivity index (χ4n) is 4.20. The SMILES string of the molecule is COC(=O)C1CCC(CNC(=O)c2cnc(N[C@@H](C)c3cc(C#N)ccc3OC)c(Cl)c2)CC1. The molecule has 9 heteroatoms. The molecule has 0 unspecified atom stereocenters. The number of hydrogen-bond acceptors (Lipinski definition) is 7. The first-order valence-electron chi connectivity index (χ1n) is 11.2. The summed E-state index contributed by atoms with van der Waals surface area (Å²) in [5.41, 5.74) is 1.69. The molecule has 1 aliphatic carbocycles. The van der Waals surface area contributed by atoms with Crippen molar-refractivity contribution in [2.24, 2.45) is 11.8 Å². The van der Waals surface area contributed by atoms with Crippen molar-refractivity contribution in [3.05, 3.63) is 52.2 Å². The van der Waals surface area contributed by atoms with Gasteiger partial charge >= 0.3 is 5.97 Å². The van der Waals surface area contributed by atoms with Crippen LogP contribution in [0.15, 0.2) is 30.5 Å². The van der Waals surface area contributed by atoms with Gasteiger partial charge in [0.2, 0.25) is 0 Å². The van der Waals surface area contributed by atoms with E-state index < -0.39 is 0 Å². The number of rotatable bonds is 8. The maximum Gasteiger partial charge on any atom is 0.308 e. The number of nitriles is 1. The molecule has 180 valence electrons. The highest BCUT2D eigenvalue weighted by Gasteiger charge is 2.27. The van der Waals surface area contributed by atoms with Crippen molar-refractivity contribution < 1.29 is 19.1 Å². The Morgan fingerprint density at radius 1 is 1.24 bits per heavy atom. The van der Waals surface area contributed by atoms with Crippen LogP contribution >= 0.6 is 11.6 Å². The molecule has 34 heavy (non-hydrogen) atoms. The molecular formula is C25H29ClN4O4. The number of benzene rings is 1. The third kappa shape index (κ3) is 6.17. The number of ether oxygens (including phenoxy) is 2. The second kappa shape index (κ2) is 11.7. The van der Waals surface area contributed by atoms with Crippen molar-refractivity contribution in [1.29, 1.82) is 5.26 Å². The van der Waals surface area contributed by atoms with Crippen molar-refractivity contribution in [1.82, 2.24) is 10.3 Å². The molecule has 0 radical (unpaired) electrons. The van der Waals surface area contributed by atoms with Crippen LogP contribution in [0.1, 0.15) is 60.1 Å². The van der Waals surface area contributed by atoms with Crippen LogP contribution in [-0.4, -0.2) is 37.6 Å². The molecule has 0 aliphatic heterocycles. The lowest BCUT2D eigenvalue weighted by atomic mass is 9.82. The Bertz CT molecular complexity index is 1080. The van der Waals surface area contributed by atoms with Gasteiger partial charge in [-0.2, -0.15) is 5.26 Å². The summed E-state index contributed by atoms with van der Waals surface area (Å²) in [4.78, 5) is 28.6. The first-order chi connectivity index (χ1) is 16.4. The Morgan fingerprint density at radius 2 is 1.97 bits per heavy atom. The van der Waals surface area contributed by atoms with Crippen molar-refractivity contribution in [3.8, 4) is 11.8 Å². The molecule has 0 saturated heterocycles. The van der Waals surface area contributed by atoms with E-state index >= 15 is 0 Å². The lowest BCUT2D eigenvalue weighted by molar-refractivity contribution is -0.146. The van der Waals surface area contributed by atoms with Gasteiger partial charge in [0.15, 0.2) is 0 Å². The van der Waals surface area contributed by atoms with Crippen LogP contribution < -0.4 is 15.4 Å². The smallest absolute Gasteiger partial charge is 0.308 e. The summed E-state index contributed by atoms with van der Waals surface area (Å²) in [6.45, 7) is 2.45. The highest BCUT2D eigenvalue weighted by molar-refractivity contribution is 6.33. The van der Waals surface area contributed by atoms with E-state index in [1.807, 2.05) is 6.92 Å². The topological polar surface area (TPSA) is 113 Å². The molecule has 1 saturated carbocycles. The van der Waals surface area contributed by atoms with E-state index in [2.05, 4.69) is 21.7 Å². The quantitative estimate of drug-likeness (QED) is 0.530. The lowest BCUT2D eigenvalue weighted by Crippen LogP contribution is -2.32. The number of anilines is 1. The molecule has 1 aromatic carbocycles. The van der Waals surface area contributed by atoms with Crippen LogP contribution in [0.3, 0.4) is 0 Å². The number of halogens is 1. The predicted octanol–water partition coefficient (Wildman–Crippen LogP) is 4.50. The van der Waals surface area contributed by atoms with E-state index in [1.54, 1.807) is 31.4 Å². The van der Waals surface area contributed by atoms with Gasteiger partial charge in [-0.3, -0.25) is 9.59 Å². The summed E-state index contributed by atoms with van der Waals surface area (Å²) in [5, 5.41) is 15.7. The number of esters is 1. The van der Waals surface area contributed by atoms with Gasteiger partial charge in [-0.25, -0.2) is 4.98 Å². The average molecular weight is 485 g/mol. The minimum atomic E-state index is -0.243. The number of amides is 1. The maximum atomic E-state index is 12.6. The van der Waals surface area contributed by atoms with Crippen molar-refractivity contribution in [2.45, 2.75) is 38.6 Å². The normalized spacial score (nSPS) is 18.3. The summed E-state index contributed by atoms with van der Waals surface area (Å²) in [6, 6.07) is 8.66. The second-order valence-electron chi connectivity index (χ2n) is 8.44. The zero-order chi connectivity index (χ0) is 24.7. The molecule has 0 spiro atoms. The molecule has 1 heterocycles. The number of methoxy groups -OCH3 is 2. The van der Waals surface area contributed by atoms with Crippen LogP contribution in [-0.2, 0) is 9.53 Å². The Morgan fingerprint density at radius 3 is 2.59 bits per heavy atom. The van der Waals surface area contributed by atoms with Crippen LogP contribution in [0.2, 0.25) is 5.02 Å². The third-order valence-corrected chi connectivity index (χ3v) is 6.50. The van der Waals surface area contributed by atoms with E-state index in [1.165, 1.54) is 13.3 Å². The van der Waals surface area contributed by atoms with Gasteiger partial charge in [0.05, 0.1) is 48.4 Å². The van der Waals surface area contributed by atoms with Gasteiger partial charge < -0.3 is 20.1 Å². The number of pyridine rings is 1. The summed E-state index contributed by atoms with van der Waals surface area (Å²) < 4.78 is 10.2. The zero-order valence-electron chi connectivity index (χ0n) is 19.6. The third-order valence-electron chi connectivity index (χ3n) is 6.21. The molecule has 1 aromatic heterocycles. The Balaban J connectivity index is 1.58. The van der Waals surface area contributed by atoms with E-state index in [9.17, 15) is 14.9 Å². The number of carbonyl (C=O) groups is 2. The minimum absolute atomic E-state index is 0.0373. The van der Waals surface area contributed by atoms with Crippen LogP contribution in [0, 0.1) is 23.2 Å². The van der Waals surface area contributed by atoms with Gasteiger partial charge in [-0.15, -0.1) is 0 Å². The zero-order valence-corrected chi connectivity index (χ0v) is 20.3. The molecule has 0 bridgehead atoms. The number of aromatic nitrogens is 1. The number of carbonyl (C=O) groups excluding carboxylic acids is 2. The summed E-state index contributed by atoms with van der Waals surface area (Å²) in [7, 11) is 2.99. The standard InChI is InChI=1S/C25H29ClN4O4/c1-15(20-10-17(12-27)6-9-22(20)33-2)30-23-21(26)11-19(14-28-23)24(31)29-13-16-4-7-18(8-5-16)25(32)34-3/h6,9-11,14-16,18H,4-5,7-8,13H2,1-3H3,(H,28,30)(H,29,31)/t15-,16?,18?/m0/s1. The predicted molar refractivity (Wildman–Crippen MR) is 129 cm³/mol. The van der Waals surface area contributed by atoms with E-state index in [-0.39, 0.29) is 23.8 Å². The molecule has 1 aliphatic rings. The Labute approximate surface area is 204 Å². The minimum Gasteiger partial charge on any atom is -0.496 e. The first-order valence-corrected chi connectivity index (χ1v) is 11.6. The number of nitrogens with zero attached hydrogens (tertiary/aromatic N) is 2. The summed E-state index contributed by atoms with van der Waals surface area (Å²) in [6.07, 6.45) is 4.78. The van der Waals surface area contributed by atoms with Gasteiger partial charge in [-0.1, -0.05) is 11.6 Å². The highest BCUT2D eigenvalue weighted by atomic mass is 35.5. The fourth-order valence-corrected chi connectivity index (χ4v) is 4.42. The van der Waals surface area contributed by atoms with Gasteiger partial charge in [0.25, 0.3) is 5.91 Å². The van der Waals surface area contributed by atoms with E-state index in [0.29, 0.717) is 40.2 Å². The average Bonchev–Trinajstić information content (AvgIpc) is 2.87. The van der Waals surface area contributed by atoms with Crippen molar-refractivity contribution in [2.75, 3.05) is 26.1 Å². The van der Waals surface area contributed by atoms with Crippen LogP contribution in [0.25, 0.3) is 0 Å². The Hall–Kier alpha value is -3.31. The van der Waals surface area contributed by atoms with Gasteiger partial charge in [0.1, 0.15) is 11.6 Å². The van der Waals surface area contributed by atoms with Crippen molar-refractivity contribution in [3.63, 3.8) is 0 Å². The molecule has 1 atom stereocenters. The molecule has 2 aromatic rings. The maximum absolute atomic E-state index is 12.6. The largest absolute Gasteiger partial charge is 0.496 e. The summed E-state index contributed by atoms with van der Waals surface area (Å²) in [5.74, 6) is 0.969. The van der Waals surface area contributed by atoms with E-state index in [0.717, 1.165) is 31.2 Å². The molecule has 1 amide bonds. The van der Waals surface area contributed by atoms with E-state index in [4.69, 9.17) is 21.1 Å². The molecule has 8 nitrogen and oxygen atoms in total. The van der Waals surface area contributed by atoms with Crippen LogP contribution in [0.5, 0.6) is 5.75 Å². The summed E-state index contributed by atoms with van der Waals surface area (Å²) >= 11 is 6.41. The van der Waals surface area contributed by atoms with Crippen molar-refractivity contribution >= 4 is 29.3 Å². The molecule has 1 fully saturated rings. The van der Waals surface area contributed by atoms with Gasteiger partial charge in [-0.05, 0) is 62.8 Å². The second-order valence-corrected chi connectivity index (χ2v) is 8.85. The van der Waals surface area contributed by atoms with Crippen LogP contribution in [0.4, 0.5) is 5.82 Å². The number of hydrogen-bond donors (Lipinski definition) is 2. The number of nitrogens with one attached hydrogen (secondary N) is 2. The van der Waals surface area contributed by atoms with Gasteiger partial charge in [0, 0.05) is 18.3 Å². The molecule has 2 N–H and O–H groups in total. The fraction of sp³-hybridized carbons (Fsp3) is 0.440.